The predicted octanol–water partition coefficient (Wildman–Crippen LogP) is -0.0623. The molecule has 1 saturated carbocycles. The molecule has 0 bridgehead atoms. The second-order valence-electron chi connectivity index (χ2n) is 4.33. The minimum atomic E-state index is -0.958. The minimum absolute atomic E-state index is 0.00801. The van der Waals surface area contributed by atoms with E-state index in [0.717, 1.165) is 19.3 Å². The molecule has 1 saturated heterocycles. The fourth-order valence-electron chi connectivity index (χ4n) is 1.83. The van der Waals surface area contributed by atoms with Gasteiger partial charge >= 0.3 is 12.0 Å². The third-order valence-electron chi connectivity index (χ3n) is 2.91. The number of urea groups is 1. The zero-order valence-corrected chi connectivity index (χ0v) is 8.94. The molecule has 1 aliphatic carbocycles. The second-order valence-corrected chi connectivity index (χ2v) is 4.33. The van der Waals surface area contributed by atoms with Crippen molar-refractivity contribution in [3.8, 4) is 0 Å². The summed E-state index contributed by atoms with van der Waals surface area (Å²) in [5.41, 5.74) is 0. The van der Waals surface area contributed by atoms with Gasteiger partial charge in [-0.3, -0.25) is 0 Å². The van der Waals surface area contributed by atoms with Crippen molar-refractivity contribution in [3.05, 3.63) is 0 Å². The summed E-state index contributed by atoms with van der Waals surface area (Å²) >= 11 is 0. The quantitative estimate of drug-likeness (QED) is 0.629. The number of amides is 2. The molecule has 0 aromatic carbocycles. The normalized spacial score (nSPS) is 26.1. The summed E-state index contributed by atoms with van der Waals surface area (Å²) in [5.74, 6) is -0.858. The van der Waals surface area contributed by atoms with Crippen molar-refractivity contribution in [1.82, 2.24) is 10.6 Å². The Morgan fingerprint density at radius 2 is 2.06 bits per heavy atom. The molecule has 2 aliphatic rings. The summed E-state index contributed by atoms with van der Waals surface area (Å²) in [6, 6.07) is -1.15. The highest BCUT2D eigenvalue weighted by Gasteiger charge is 2.37. The average Bonchev–Trinajstić information content (AvgIpc) is 2.94. The molecule has 1 heterocycles. The molecule has 2 rings (SSSR count). The van der Waals surface area contributed by atoms with Gasteiger partial charge in [0, 0.05) is 6.61 Å². The molecule has 1 aliphatic heterocycles. The van der Waals surface area contributed by atoms with Gasteiger partial charge < -0.3 is 20.5 Å². The molecule has 3 N–H and O–H groups in total. The Bertz CT molecular complexity index is 285. The van der Waals surface area contributed by atoms with Gasteiger partial charge in [-0.2, -0.15) is 0 Å². The third kappa shape index (κ3) is 2.85. The molecule has 2 amide bonds. The number of nitrogens with one attached hydrogen (secondary N) is 2. The summed E-state index contributed by atoms with van der Waals surface area (Å²) in [5, 5.41) is 14.1. The first-order chi connectivity index (χ1) is 7.66. The number of hydrogen-bond acceptors (Lipinski definition) is 3. The van der Waals surface area contributed by atoms with Gasteiger partial charge in [0.1, 0.15) is 6.04 Å². The maximum Gasteiger partial charge on any atom is 0.326 e. The van der Waals surface area contributed by atoms with E-state index in [4.69, 9.17) is 9.84 Å². The summed E-state index contributed by atoms with van der Waals surface area (Å²) in [4.78, 5) is 22.4. The fourth-order valence-corrected chi connectivity index (χ4v) is 1.83. The number of carboxylic acid groups (broad SMARTS) is 1. The molecule has 6 nitrogen and oxygen atoms in total. The smallest absolute Gasteiger partial charge is 0.326 e. The van der Waals surface area contributed by atoms with Crippen molar-refractivity contribution in [1.29, 1.82) is 0 Å². The molecule has 2 atom stereocenters. The van der Waals surface area contributed by atoms with E-state index in [0.29, 0.717) is 13.2 Å². The van der Waals surface area contributed by atoms with Crippen LogP contribution in [0.3, 0.4) is 0 Å². The van der Waals surface area contributed by atoms with Crippen LogP contribution >= 0.6 is 0 Å². The lowest BCUT2D eigenvalue weighted by Crippen LogP contribution is -2.50. The first-order valence-electron chi connectivity index (χ1n) is 5.54. The standard InChI is InChI=1S/C10H16N2O4/c13-9(14)8(6-1-2-6)12-10(15)11-7-3-4-16-5-7/h6-8H,1-5H2,(H,13,14)(H2,11,12,15). The summed E-state index contributed by atoms with van der Waals surface area (Å²) in [7, 11) is 0. The van der Waals surface area contributed by atoms with Gasteiger partial charge in [0.2, 0.25) is 0 Å². The van der Waals surface area contributed by atoms with Gasteiger partial charge in [0.05, 0.1) is 12.6 Å². The molecule has 0 aromatic rings. The Balaban J connectivity index is 1.77. The third-order valence-corrected chi connectivity index (χ3v) is 2.91. The van der Waals surface area contributed by atoms with E-state index in [9.17, 15) is 9.59 Å². The molecule has 90 valence electrons. The Morgan fingerprint density at radius 1 is 1.31 bits per heavy atom. The van der Waals surface area contributed by atoms with Crippen LogP contribution in [-0.4, -0.2) is 42.4 Å². The van der Waals surface area contributed by atoms with E-state index in [1.54, 1.807) is 0 Å². The maximum atomic E-state index is 11.5. The van der Waals surface area contributed by atoms with Crippen molar-refractivity contribution in [2.24, 2.45) is 5.92 Å². The molecular formula is C10H16N2O4. The predicted molar refractivity (Wildman–Crippen MR) is 55.0 cm³/mol. The van der Waals surface area contributed by atoms with Crippen LogP contribution in [0.2, 0.25) is 0 Å². The van der Waals surface area contributed by atoms with Crippen LogP contribution in [-0.2, 0) is 9.53 Å². The van der Waals surface area contributed by atoms with Crippen molar-refractivity contribution in [3.63, 3.8) is 0 Å². The first kappa shape index (κ1) is 11.2. The molecule has 0 spiro atoms. The molecule has 6 heteroatoms. The molecule has 0 aromatic heterocycles. The van der Waals surface area contributed by atoms with Gasteiger partial charge in [-0.1, -0.05) is 0 Å². The molecule has 2 unspecified atom stereocenters. The van der Waals surface area contributed by atoms with Crippen LogP contribution in [0.25, 0.3) is 0 Å². The highest BCUT2D eigenvalue weighted by Crippen LogP contribution is 2.32. The summed E-state index contributed by atoms with van der Waals surface area (Å²) in [6.07, 6.45) is 2.54. The van der Waals surface area contributed by atoms with Crippen molar-refractivity contribution >= 4 is 12.0 Å². The second kappa shape index (κ2) is 4.69. The Labute approximate surface area is 93.3 Å². The van der Waals surface area contributed by atoms with Crippen molar-refractivity contribution < 1.29 is 19.4 Å². The van der Waals surface area contributed by atoms with Crippen molar-refractivity contribution in [2.45, 2.75) is 31.3 Å². The SMILES string of the molecule is O=C(NC1CCOC1)NC(C(=O)O)C1CC1. The topological polar surface area (TPSA) is 87.7 Å². The van der Waals surface area contributed by atoms with Crippen LogP contribution in [0.5, 0.6) is 0 Å². The lowest BCUT2D eigenvalue weighted by atomic mass is 10.2. The van der Waals surface area contributed by atoms with Crippen LogP contribution in [0, 0.1) is 5.92 Å². The fraction of sp³-hybridized carbons (Fsp3) is 0.800. The number of ether oxygens (including phenoxy) is 1. The maximum absolute atomic E-state index is 11.5. The van der Waals surface area contributed by atoms with E-state index in [2.05, 4.69) is 10.6 Å². The highest BCUT2D eigenvalue weighted by molar-refractivity contribution is 5.83. The highest BCUT2D eigenvalue weighted by atomic mass is 16.5. The number of carboxylic acids is 1. The average molecular weight is 228 g/mol. The zero-order valence-electron chi connectivity index (χ0n) is 8.94. The molecule has 0 radical (unpaired) electrons. The van der Waals surface area contributed by atoms with Crippen LogP contribution in [0.15, 0.2) is 0 Å². The number of hydrogen-bond donors (Lipinski definition) is 3. The summed E-state index contributed by atoms with van der Waals surface area (Å²) in [6.45, 7) is 1.16. The van der Waals surface area contributed by atoms with Crippen molar-refractivity contribution in [2.75, 3.05) is 13.2 Å². The number of carbonyl (C=O) groups excluding carboxylic acids is 1. The minimum Gasteiger partial charge on any atom is -0.480 e. The summed E-state index contributed by atoms with van der Waals surface area (Å²) < 4.78 is 5.11. The lowest BCUT2D eigenvalue weighted by Gasteiger charge is -2.16. The Morgan fingerprint density at radius 3 is 2.56 bits per heavy atom. The Hall–Kier alpha value is -1.30. The molecule has 2 fully saturated rings. The van der Waals surface area contributed by atoms with E-state index >= 15 is 0 Å². The Kier molecular flexibility index (Phi) is 3.28. The molecular weight excluding hydrogens is 212 g/mol. The van der Waals surface area contributed by atoms with E-state index in [1.165, 1.54) is 0 Å². The lowest BCUT2D eigenvalue weighted by molar-refractivity contribution is -0.139. The zero-order chi connectivity index (χ0) is 11.5. The van der Waals surface area contributed by atoms with Gasteiger partial charge in [0.15, 0.2) is 0 Å². The number of rotatable bonds is 4. The van der Waals surface area contributed by atoms with Crippen LogP contribution in [0.4, 0.5) is 4.79 Å². The van der Waals surface area contributed by atoms with E-state index in [1.807, 2.05) is 0 Å². The van der Waals surface area contributed by atoms with Gasteiger partial charge in [-0.25, -0.2) is 9.59 Å². The number of aliphatic carboxylic acids is 1. The van der Waals surface area contributed by atoms with E-state index < -0.39 is 18.0 Å². The number of carbonyl (C=O) groups is 2. The van der Waals surface area contributed by atoms with E-state index in [-0.39, 0.29) is 12.0 Å². The monoisotopic (exact) mass is 228 g/mol. The molecule has 16 heavy (non-hydrogen) atoms. The van der Waals surface area contributed by atoms with Crippen LogP contribution in [0.1, 0.15) is 19.3 Å². The van der Waals surface area contributed by atoms with Gasteiger partial charge in [-0.05, 0) is 25.2 Å². The first-order valence-corrected chi connectivity index (χ1v) is 5.54. The van der Waals surface area contributed by atoms with Gasteiger partial charge in [-0.15, -0.1) is 0 Å². The largest absolute Gasteiger partial charge is 0.480 e. The van der Waals surface area contributed by atoms with Crippen LogP contribution < -0.4 is 10.6 Å². The van der Waals surface area contributed by atoms with Gasteiger partial charge in [0.25, 0.3) is 0 Å².